The van der Waals surface area contributed by atoms with Gasteiger partial charge in [0.05, 0.1) is 0 Å². The number of carbonyl (C=O) groups is 1. The van der Waals surface area contributed by atoms with Crippen LogP contribution in [-0.2, 0) is 11.3 Å². The highest BCUT2D eigenvalue weighted by atomic mass is 16.2. The number of hydrogen-bond donors (Lipinski definition) is 0. The molecule has 0 N–H and O–H groups in total. The summed E-state index contributed by atoms with van der Waals surface area (Å²) in [5, 5.41) is 8.47. The van der Waals surface area contributed by atoms with Crippen molar-refractivity contribution in [1.82, 2.24) is 29.4 Å². The number of aromatic nitrogens is 5. The summed E-state index contributed by atoms with van der Waals surface area (Å²) in [6.45, 7) is 2.10. The molecule has 2 aliphatic rings. The van der Waals surface area contributed by atoms with Crippen LogP contribution in [0.5, 0.6) is 0 Å². The highest BCUT2D eigenvalue weighted by molar-refractivity contribution is 5.79. The van der Waals surface area contributed by atoms with E-state index in [9.17, 15) is 9.59 Å². The van der Waals surface area contributed by atoms with Gasteiger partial charge in [-0.2, -0.15) is 5.10 Å². The van der Waals surface area contributed by atoms with Crippen molar-refractivity contribution in [3.8, 4) is 5.82 Å². The van der Waals surface area contributed by atoms with Gasteiger partial charge in [-0.1, -0.05) is 12.2 Å². The predicted octanol–water partition coefficient (Wildman–Crippen LogP) is 1.42. The van der Waals surface area contributed by atoms with Crippen LogP contribution in [0, 0.1) is 11.8 Å². The lowest BCUT2D eigenvalue weighted by Crippen LogP contribution is -2.43. The summed E-state index contributed by atoms with van der Waals surface area (Å²) in [4.78, 5) is 30.7. The number of amides is 1. The van der Waals surface area contributed by atoms with Crippen LogP contribution in [0.15, 0.2) is 41.7 Å². The molecule has 8 nitrogen and oxygen atoms in total. The van der Waals surface area contributed by atoms with Crippen molar-refractivity contribution in [2.45, 2.75) is 38.6 Å². The Morgan fingerprint density at radius 1 is 1.15 bits per heavy atom. The highest BCUT2D eigenvalue weighted by Crippen LogP contribution is 2.24. The predicted molar refractivity (Wildman–Crippen MR) is 99.2 cm³/mol. The molecule has 1 atom stereocenters. The Hall–Kier alpha value is -2.77. The maximum absolute atomic E-state index is 12.7. The normalized spacial score (nSPS) is 20.7. The lowest BCUT2D eigenvalue weighted by Gasteiger charge is -2.34. The molecule has 8 heteroatoms. The molecule has 1 fully saturated rings. The van der Waals surface area contributed by atoms with Gasteiger partial charge in [-0.15, -0.1) is 5.10 Å². The first-order valence-electron chi connectivity index (χ1n) is 9.57. The van der Waals surface area contributed by atoms with Crippen molar-refractivity contribution in [2.75, 3.05) is 13.1 Å². The minimum atomic E-state index is -0.119. The summed E-state index contributed by atoms with van der Waals surface area (Å²) in [5.74, 6) is 1.36. The van der Waals surface area contributed by atoms with E-state index in [-0.39, 0.29) is 11.5 Å². The Balaban J connectivity index is 1.37. The molecular weight excluding hydrogens is 344 g/mol. The number of carbonyl (C=O) groups excluding carboxylic acids is 1. The van der Waals surface area contributed by atoms with Gasteiger partial charge in [-0.25, -0.2) is 14.3 Å². The van der Waals surface area contributed by atoms with Crippen LogP contribution in [0.1, 0.15) is 32.1 Å². The minimum absolute atomic E-state index is 0.119. The van der Waals surface area contributed by atoms with Gasteiger partial charge in [0.2, 0.25) is 5.91 Å². The molecule has 0 radical (unpaired) electrons. The Morgan fingerprint density at radius 3 is 2.70 bits per heavy atom. The van der Waals surface area contributed by atoms with E-state index >= 15 is 0 Å². The Labute approximate surface area is 157 Å². The van der Waals surface area contributed by atoms with Gasteiger partial charge >= 0.3 is 0 Å². The van der Waals surface area contributed by atoms with Crippen LogP contribution < -0.4 is 5.56 Å². The number of hydrogen-bond acceptors (Lipinski definition) is 5. The van der Waals surface area contributed by atoms with E-state index < -0.39 is 0 Å². The number of rotatable bonds is 4. The fourth-order valence-corrected chi connectivity index (χ4v) is 3.87. The van der Waals surface area contributed by atoms with Crippen molar-refractivity contribution in [3.63, 3.8) is 0 Å². The van der Waals surface area contributed by atoms with Crippen LogP contribution in [0.4, 0.5) is 0 Å². The second-order valence-corrected chi connectivity index (χ2v) is 7.30. The first kappa shape index (κ1) is 17.6. The average Bonchev–Trinajstić information content (AvgIpc) is 3.25. The van der Waals surface area contributed by atoms with E-state index in [0.717, 1.165) is 45.2 Å². The largest absolute Gasteiger partial charge is 0.342 e. The van der Waals surface area contributed by atoms with Crippen molar-refractivity contribution in [2.24, 2.45) is 11.8 Å². The second-order valence-electron chi connectivity index (χ2n) is 7.30. The zero-order valence-electron chi connectivity index (χ0n) is 15.3. The third-order valence-electron chi connectivity index (χ3n) is 5.48. The van der Waals surface area contributed by atoms with Gasteiger partial charge in [-0.3, -0.25) is 9.59 Å². The lowest BCUT2D eigenvalue weighted by molar-refractivity contribution is -0.137. The average molecular weight is 368 g/mol. The smallest absolute Gasteiger partial charge is 0.266 e. The summed E-state index contributed by atoms with van der Waals surface area (Å²) < 4.78 is 3.04. The molecular formula is C19H24N6O2. The van der Waals surface area contributed by atoms with E-state index in [4.69, 9.17) is 0 Å². The van der Waals surface area contributed by atoms with Gasteiger partial charge < -0.3 is 4.90 Å². The molecule has 0 aromatic carbocycles. The van der Waals surface area contributed by atoms with Gasteiger partial charge in [0.15, 0.2) is 5.82 Å². The van der Waals surface area contributed by atoms with Gasteiger partial charge in [0.25, 0.3) is 5.56 Å². The number of piperidine rings is 1. The Kier molecular flexibility index (Phi) is 5.13. The molecule has 27 heavy (non-hydrogen) atoms. The van der Waals surface area contributed by atoms with Crippen LogP contribution >= 0.6 is 0 Å². The van der Waals surface area contributed by atoms with Crippen molar-refractivity contribution in [3.05, 3.63) is 47.3 Å². The molecule has 4 rings (SSSR count). The summed E-state index contributed by atoms with van der Waals surface area (Å²) in [6.07, 6.45) is 11.9. The lowest BCUT2D eigenvalue weighted by atomic mass is 9.91. The van der Waals surface area contributed by atoms with Crippen LogP contribution in [0.25, 0.3) is 5.82 Å². The number of allylic oxidation sites excluding steroid dienone is 2. The van der Waals surface area contributed by atoms with Crippen molar-refractivity contribution >= 4 is 5.91 Å². The van der Waals surface area contributed by atoms with E-state index in [0.29, 0.717) is 24.2 Å². The molecule has 1 aliphatic carbocycles. The van der Waals surface area contributed by atoms with Gasteiger partial charge in [0, 0.05) is 31.6 Å². The molecule has 2 aromatic heterocycles. The standard InChI is InChI=1S/C19H24N6O2/c26-18-7-6-17(25-14-20-13-21-25)22-24(18)12-15-8-10-23(11-9-15)19(27)16-4-2-1-3-5-16/h1-2,6-7,13-16H,3-5,8-12H2. The SMILES string of the molecule is O=C(C1CC=CCC1)N1CCC(Cn2nc(-n3cncn3)ccc2=O)CC1. The number of likely N-dealkylation sites (tertiary alicyclic amines) is 1. The molecule has 0 spiro atoms. The monoisotopic (exact) mass is 368 g/mol. The summed E-state index contributed by atoms with van der Waals surface area (Å²) in [7, 11) is 0. The quantitative estimate of drug-likeness (QED) is 0.762. The van der Waals surface area contributed by atoms with Gasteiger partial charge in [-0.05, 0) is 44.1 Å². The molecule has 1 amide bonds. The fourth-order valence-electron chi connectivity index (χ4n) is 3.87. The molecule has 3 heterocycles. The molecule has 1 aliphatic heterocycles. The zero-order valence-corrected chi connectivity index (χ0v) is 15.3. The van der Waals surface area contributed by atoms with Crippen LogP contribution in [-0.4, -0.2) is 48.4 Å². The number of nitrogens with zero attached hydrogens (tertiary/aromatic N) is 6. The van der Waals surface area contributed by atoms with Crippen LogP contribution in [0.3, 0.4) is 0 Å². The first-order chi connectivity index (χ1) is 13.2. The third kappa shape index (κ3) is 3.99. The summed E-state index contributed by atoms with van der Waals surface area (Å²) in [5.41, 5.74) is -0.119. The maximum atomic E-state index is 12.7. The summed E-state index contributed by atoms with van der Waals surface area (Å²) in [6, 6.07) is 3.16. The maximum Gasteiger partial charge on any atom is 0.266 e. The van der Waals surface area contributed by atoms with Crippen LogP contribution in [0.2, 0.25) is 0 Å². The minimum Gasteiger partial charge on any atom is -0.342 e. The Bertz CT molecular complexity index is 865. The first-order valence-corrected chi connectivity index (χ1v) is 9.57. The summed E-state index contributed by atoms with van der Waals surface area (Å²) >= 11 is 0. The van der Waals surface area contributed by atoms with E-state index in [1.807, 2.05) is 4.90 Å². The Morgan fingerprint density at radius 2 is 2.00 bits per heavy atom. The van der Waals surface area contributed by atoms with E-state index in [1.54, 1.807) is 12.4 Å². The molecule has 2 aromatic rings. The van der Waals surface area contributed by atoms with Crippen molar-refractivity contribution < 1.29 is 4.79 Å². The highest BCUT2D eigenvalue weighted by Gasteiger charge is 2.28. The molecule has 1 saturated heterocycles. The molecule has 0 bridgehead atoms. The van der Waals surface area contributed by atoms with Crippen molar-refractivity contribution in [1.29, 1.82) is 0 Å². The zero-order chi connectivity index (χ0) is 18.6. The topological polar surface area (TPSA) is 85.9 Å². The van der Waals surface area contributed by atoms with Gasteiger partial charge in [0.1, 0.15) is 12.7 Å². The molecule has 0 saturated carbocycles. The molecule has 142 valence electrons. The second kappa shape index (κ2) is 7.85. The third-order valence-corrected chi connectivity index (χ3v) is 5.48. The molecule has 1 unspecified atom stereocenters. The van der Waals surface area contributed by atoms with E-state index in [1.165, 1.54) is 21.8 Å². The fraction of sp³-hybridized carbons (Fsp3) is 0.526. The van der Waals surface area contributed by atoms with E-state index in [2.05, 4.69) is 27.3 Å².